The van der Waals surface area contributed by atoms with Crippen LogP contribution >= 0.6 is 0 Å². The third-order valence-electron chi connectivity index (χ3n) is 3.23. The third-order valence-corrected chi connectivity index (χ3v) is 3.23. The van der Waals surface area contributed by atoms with Gasteiger partial charge in [-0.15, -0.1) is 0 Å². The molecular weight excluding hydrogens is 174 g/mol. The molecule has 0 amide bonds. The van der Waals surface area contributed by atoms with Crippen molar-refractivity contribution in [3.63, 3.8) is 0 Å². The van der Waals surface area contributed by atoms with Crippen LogP contribution in [0.4, 0.5) is 0 Å². The number of rotatable bonds is 3. The zero-order valence-corrected chi connectivity index (χ0v) is 9.92. The molecule has 14 heavy (non-hydrogen) atoms. The minimum atomic E-state index is 0.356. The van der Waals surface area contributed by atoms with Crippen LogP contribution in [-0.4, -0.2) is 36.2 Å². The number of piperidine rings is 1. The summed E-state index contributed by atoms with van der Waals surface area (Å²) in [7, 11) is 0. The fourth-order valence-corrected chi connectivity index (χ4v) is 2.44. The van der Waals surface area contributed by atoms with E-state index in [4.69, 9.17) is 5.11 Å². The maximum Gasteiger partial charge on any atom is 0.0502 e. The zero-order chi connectivity index (χ0) is 10.6. The van der Waals surface area contributed by atoms with Crippen molar-refractivity contribution in [2.45, 2.75) is 40.0 Å². The van der Waals surface area contributed by atoms with Crippen LogP contribution in [0.15, 0.2) is 0 Å². The van der Waals surface area contributed by atoms with E-state index in [1.807, 2.05) is 0 Å². The molecule has 2 heteroatoms. The minimum Gasteiger partial charge on any atom is -0.396 e. The summed E-state index contributed by atoms with van der Waals surface area (Å²) in [5.74, 6) is 0.832. The third kappa shape index (κ3) is 2.48. The monoisotopic (exact) mass is 199 g/mol. The summed E-state index contributed by atoms with van der Waals surface area (Å²) in [4.78, 5) is 2.49. The molecule has 2 atom stereocenters. The van der Waals surface area contributed by atoms with E-state index in [0.717, 1.165) is 12.5 Å². The Kier molecular flexibility index (Phi) is 4.39. The van der Waals surface area contributed by atoms with Crippen molar-refractivity contribution in [3.8, 4) is 0 Å². The largest absolute Gasteiger partial charge is 0.396 e. The van der Waals surface area contributed by atoms with Crippen LogP contribution in [0.25, 0.3) is 0 Å². The quantitative estimate of drug-likeness (QED) is 0.752. The highest BCUT2D eigenvalue weighted by Crippen LogP contribution is 2.57. The molecule has 1 saturated heterocycles. The van der Waals surface area contributed by atoms with Gasteiger partial charge in [0.2, 0.25) is 0 Å². The van der Waals surface area contributed by atoms with Crippen LogP contribution in [0.5, 0.6) is 0 Å². The normalized spacial score (nSPS) is 34.7. The number of fused-ring (bicyclic) bond motifs is 1. The van der Waals surface area contributed by atoms with Crippen molar-refractivity contribution in [3.05, 3.63) is 0 Å². The lowest BCUT2D eigenvalue weighted by Gasteiger charge is -2.18. The summed E-state index contributed by atoms with van der Waals surface area (Å²) in [6.07, 6.45) is 3.78. The fourth-order valence-electron chi connectivity index (χ4n) is 2.44. The Balaban J connectivity index is 0.000000293. The van der Waals surface area contributed by atoms with Gasteiger partial charge in [-0.3, -0.25) is 0 Å². The molecule has 2 fully saturated rings. The molecule has 0 aromatic heterocycles. The van der Waals surface area contributed by atoms with E-state index >= 15 is 0 Å². The molecule has 1 saturated carbocycles. The summed E-state index contributed by atoms with van der Waals surface area (Å²) in [5, 5.41) is 9.13. The Hall–Kier alpha value is -0.0800. The molecule has 84 valence electrons. The molecule has 2 unspecified atom stereocenters. The molecule has 2 aliphatic rings. The molecule has 2 nitrogen and oxygen atoms in total. The second-order valence-corrected chi connectivity index (χ2v) is 4.86. The van der Waals surface area contributed by atoms with Crippen LogP contribution in [0.2, 0.25) is 0 Å². The Morgan fingerprint density at radius 3 is 2.43 bits per heavy atom. The van der Waals surface area contributed by atoms with E-state index in [1.165, 1.54) is 32.4 Å². The smallest absolute Gasteiger partial charge is 0.0502 e. The van der Waals surface area contributed by atoms with Gasteiger partial charge in [-0.05, 0) is 25.3 Å². The first kappa shape index (κ1) is 12.0. The summed E-state index contributed by atoms with van der Waals surface area (Å²) >= 11 is 0. The van der Waals surface area contributed by atoms with Gasteiger partial charge in [-0.1, -0.05) is 27.2 Å². The summed E-state index contributed by atoms with van der Waals surface area (Å²) in [5.41, 5.74) is 0.356. The number of aliphatic hydroxyl groups is 1. The maximum atomic E-state index is 9.13. The van der Waals surface area contributed by atoms with Crippen LogP contribution in [0, 0.1) is 11.3 Å². The van der Waals surface area contributed by atoms with Gasteiger partial charge in [-0.25, -0.2) is 0 Å². The number of nitrogens with zero attached hydrogens (tertiary/aromatic N) is 1. The summed E-state index contributed by atoms with van der Waals surface area (Å²) in [6, 6.07) is 0. The first-order valence-corrected chi connectivity index (χ1v) is 6.05. The van der Waals surface area contributed by atoms with Gasteiger partial charge in [0, 0.05) is 18.5 Å². The van der Waals surface area contributed by atoms with Gasteiger partial charge in [0.15, 0.2) is 0 Å². The Morgan fingerprint density at radius 2 is 2.00 bits per heavy atom. The van der Waals surface area contributed by atoms with Gasteiger partial charge in [0.1, 0.15) is 0 Å². The van der Waals surface area contributed by atoms with E-state index in [9.17, 15) is 0 Å². The predicted octanol–water partition coefficient (Wildman–Crippen LogP) is 2.13. The standard InChI is InChI=1S/C9H17NO.C3H8/c1-2-3-10-5-8-4-9(8,6-10)7-11;1-3-2/h8,11H,2-7H2,1H3;3H2,1-2H3. The Bertz CT molecular complexity index is 168. The van der Waals surface area contributed by atoms with Gasteiger partial charge >= 0.3 is 0 Å². The van der Waals surface area contributed by atoms with Crippen molar-refractivity contribution in [2.24, 2.45) is 11.3 Å². The van der Waals surface area contributed by atoms with Crippen LogP contribution in [0.3, 0.4) is 0 Å². The zero-order valence-electron chi connectivity index (χ0n) is 9.92. The number of aliphatic hydroxyl groups excluding tert-OH is 1. The predicted molar refractivity (Wildman–Crippen MR) is 60.3 cm³/mol. The van der Waals surface area contributed by atoms with Gasteiger partial charge in [-0.2, -0.15) is 0 Å². The SMILES string of the molecule is CCC.CCCN1CC2CC2(CO)C1. The molecular formula is C12H25NO. The average molecular weight is 199 g/mol. The van der Waals surface area contributed by atoms with Crippen molar-refractivity contribution in [1.29, 1.82) is 0 Å². The molecule has 0 radical (unpaired) electrons. The topological polar surface area (TPSA) is 23.5 Å². The summed E-state index contributed by atoms with van der Waals surface area (Å²) in [6.45, 7) is 10.5. The Morgan fingerprint density at radius 1 is 1.36 bits per heavy atom. The second-order valence-electron chi connectivity index (χ2n) is 4.86. The molecule has 1 aliphatic heterocycles. The highest BCUT2D eigenvalue weighted by Gasteiger charge is 2.58. The van der Waals surface area contributed by atoms with Crippen molar-refractivity contribution < 1.29 is 5.11 Å². The van der Waals surface area contributed by atoms with Gasteiger partial charge in [0.25, 0.3) is 0 Å². The van der Waals surface area contributed by atoms with E-state index in [0.29, 0.717) is 12.0 Å². The average Bonchev–Trinajstić information content (AvgIpc) is 2.72. The highest BCUT2D eigenvalue weighted by molar-refractivity contribution is 5.09. The van der Waals surface area contributed by atoms with Crippen LogP contribution < -0.4 is 0 Å². The van der Waals surface area contributed by atoms with E-state index in [1.54, 1.807) is 0 Å². The number of likely N-dealkylation sites (tertiary alicyclic amines) is 1. The van der Waals surface area contributed by atoms with Crippen LogP contribution in [0.1, 0.15) is 40.0 Å². The van der Waals surface area contributed by atoms with Crippen molar-refractivity contribution in [1.82, 2.24) is 4.90 Å². The van der Waals surface area contributed by atoms with Crippen LogP contribution in [-0.2, 0) is 0 Å². The van der Waals surface area contributed by atoms with E-state index in [-0.39, 0.29) is 0 Å². The maximum absolute atomic E-state index is 9.13. The molecule has 1 aliphatic carbocycles. The molecule has 1 N–H and O–H groups in total. The molecule has 0 aromatic carbocycles. The molecule has 1 heterocycles. The van der Waals surface area contributed by atoms with E-state index < -0.39 is 0 Å². The molecule has 0 bridgehead atoms. The second kappa shape index (κ2) is 5.13. The lowest BCUT2D eigenvalue weighted by atomic mass is 10.1. The lowest BCUT2D eigenvalue weighted by molar-refractivity contribution is 0.187. The lowest BCUT2D eigenvalue weighted by Crippen LogP contribution is -2.26. The van der Waals surface area contributed by atoms with Crippen molar-refractivity contribution in [2.75, 3.05) is 26.2 Å². The number of hydrogen-bond donors (Lipinski definition) is 1. The fraction of sp³-hybridized carbons (Fsp3) is 1.00. The first-order valence-electron chi connectivity index (χ1n) is 6.05. The van der Waals surface area contributed by atoms with E-state index in [2.05, 4.69) is 25.7 Å². The minimum absolute atomic E-state index is 0.356. The first-order chi connectivity index (χ1) is 6.72. The highest BCUT2D eigenvalue weighted by atomic mass is 16.3. The molecule has 0 aromatic rings. The van der Waals surface area contributed by atoms with Gasteiger partial charge in [0.05, 0.1) is 6.61 Å². The Labute approximate surface area is 88.3 Å². The number of hydrogen-bond acceptors (Lipinski definition) is 2. The van der Waals surface area contributed by atoms with Crippen molar-refractivity contribution >= 4 is 0 Å². The summed E-state index contributed by atoms with van der Waals surface area (Å²) < 4.78 is 0. The molecule has 0 spiro atoms. The van der Waals surface area contributed by atoms with Gasteiger partial charge < -0.3 is 10.0 Å². The molecule has 2 rings (SSSR count).